The first-order valence-corrected chi connectivity index (χ1v) is 5.50. The normalized spacial score (nSPS) is 14.9. The maximum atomic E-state index is 9.41. The summed E-state index contributed by atoms with van der Waals surface area (Å²) in [7, 11) is 3.04. The second kappa shape index (κ2) is 6.71. The van der Waals surface area contributed by atoms with Crippen LogP contribution in [0.2, 0.25) is 0 Å². The van der Waals surface area contributed by atoms with Crippen molar-refractivity contribution in [1.29, 1.82) is 0 Å². The zero-order chi connectivity index (χ0) is 12.7. The van der Waals surface area contributed by atoms with Crippen LogP contribution in [0.3, 0.4) is 0 Å². The molecular formula is C13H20O4. The third-order valence-electron chi connectivity index (χ3n) is 2.65. The molecule has 0 aliphatic heterocycles. The average molecular weight is 240 g/mol. The van der Waals surface area contributed by atoms with Crippen LogP contribution in [0.1, 0.15) is 12.5 Å². The lowest BCUT2D eigenvalue weighted by atomic mass is 10.1. The highest BCUT2D eigenvalue weighted by Gasteiger charge is 2.35. The largest absolute Gasteiger partial charge is 0.393 e. The molecule has 0 radical (unpaired) electrons. The Morgan fingerprint density at radius 3 is 2.24 bits per heavy atom. The first-order valence-electron chi connectivity index (χ1n) is 5.50. The summed E-state index contributed by atoms with van der Waals surface area (Å²) < 4.78 is 16.0. The maximum absolute atomic E-state index is 9.41. The average Bonchev–Trinajstić information content (AvgIpc) is 2.39. The molecule has 4 nitrogen and oxygen atoms in total. The Kier molecular flexibility index (Phi) is 5.58. The van der Waals surface area contributed by atoms with Gasteiger partial charge in [-0.05, 0) is 12.5 Å². The Morgan fingerprint density at radius 2 is 1.76 bits per heavy atom. The van der Waals surface area contributed by atoms with Crippen molar-refractivity contribution in [2.75, 3.05) is 20.8 Å². The zero-order valence-electron chi connectivity index (χ0n) is 10.6. The molecule has 0 aliphatic rings. The summed E-state index contributed by atoms with van der Waals surface area (Å²) in [6, 6.07) is 9.76. The summed E-state index contributed by atoms with van der Waals surface area (Å²) in [5.41, 5.74) is 0.164. The van der Waals surface area contributed by atoms with Crippen LogP contribution < -0.4 is 0 Å². The van der Waals surface area contributed by atoms with Crippen LogP contribution >= 0.6 is 0 Å². The smallest absolute Gasteiger partial charge is 0.187 e. The minimum Gasteiger partial charge on any atom is -0.393 e. The molecule has 0 spiro atoms. The molecule has 0 fully saturated rings. The molecule has 0 saturated heterocycles. The standard InChI is InChI=1S/C13H20O4/c1-13(10-14,12(15-2)16-3)17-9-11-7-5-4-6-8-11/h4-8,12,14H,9-10H2,1-3H3/t13-/m0/s1. The molecule has 0 heterocycles. The molecule has 1 rings (SSSR count). The van der Waals surface area contributed by atoms with Crippen molar-refractivity contribution in [3.8, 4) is 0 Å². The predicted molar refractivity (Wildman–Crippen MR) is 64.5 cm³/mol. The molecule has 0 amide bonds. The maximum Gasteiger partial charge on any atom is 0.187 e. The van der Waals surface area contributed by atoms with Crippen LogP contribution in [-0.2, 0) is 20.8 Å². The van der Waals surface area contributed by atoms with Gasteiger partial charge in [0.2, 0.25) is 0 Å². The summed E-state index contributed by atoms with van der Waals surface area (Å²) >= 11 is 0. The number of hydrogen-bond donors (Lipinski definition) is 1. The fourth-order valence-electron chi connectivity index (χ4n) is 1.61. The molecule has 4 heteroatoms. The number of aliphatic hydroxyl groups excluding tert-OH is 1. The van der Waals surface area contributed by atoms with Gasteiger partial charge in [-0.1, -0.05) is 30.3 Å². The molecule has 96 valence electrons. The van der Waals surface area contributed by atoms with E-state index in [1.807, 2.05) is 30.3 Å². The summed E-state index contributed by atoms with van der Waals surface area (Å²) in [4.78, 5) is 0. The molecule has 1 aromatic carbocycles. The number of rotatable bonds is 7. The van der Waals surface area contributed by atoms with Crippen molar-refractivity contribution in [2.45, 2.75) is 25.4 Å². The lowest BCUT2D eigenvalue weighted by molar-refractivity contribution is -0.243. The Bertz CT molecular complexity index is 310. The SMILES string of the molecule is COC(OC)[C@](C)(CO)OCc1ccccc1. The van der Waals surface area contributed by atoms with E-state index in [0.717, 1.165) is 5.56 Å². The van der Waals surface area contributed by atoms with Crippen molar-refractivity contribution in [2.24, 2.45) is 0 Å². The van der Waals surface area contributed by atoms with E-state index in [4.69, 9.17) is 14.2 Å². The Balaban J connectivity index is 2.63. The zero-order valence-corrected chi connectivity index (χ0v) is 10.6. The minimum absolute atomic E-state index is 0.174. The van der Waals surface area contributed by atoms with Gasteiger partial charge in [-0.3, -0.25) is 0 Å². The number of hydrogen-bond acceptors (Lipinski definition) is 4. The highest BCUT2D eigenvalue weighted by Crippen LogP contribution is 2.20. The monoisotopic (exact) mass is 240 g/mol. The van der Waals surface area contributed by atoms with Gasteiger partial charge in [0.15, 0.2) is 6.29 Å². The van der Waals surface area contributed by atoms with Crippen molar-refractivity contribution >= 4 is 0 Å². The van der Waals surface area contributed by atoms with Gasteiger partial charge in [-0.25, -0.2) is 0 Å². The van der Waals surface area contributed by atoms with Crippen molar-refractivity contribution < 1.29 is 19.3 Å². The van der Waals surface area contributed by atoms with Gasteiger partial charge in [0.05, 0.1) is 13.2 Å². The van der Waals surface area contributed by atoms with Crippen LogP contribution in [-0.4, -0.2) is 37.8 Å². The van der Waals surface area contributed by atoms with E-state index in [9.17, 15) is 5.11 Å². The number of benzene rings is 1. The van der Waals surface area contributed by atoms with Crippen LogP contribution in [0.5, 0.6) is 0 Å². The molecule has 1 N–H and O–H groups in total. The van der Waals surface area contributed by atoms with Gasteiger partial charge in [-0.15, -0.1) is 0 Å². The van der Waals surface area contributed by atoms with Gasteiger partial charge >= 0.3 is 0 Å². The van der Waals surface area contributed by atoms with E-state index in [2.05, 4.69) is 0 Å². The fraction of sp³-hybridized carbons (Fsp3) is 0.538. The van der Waals surface area contributed by atoms with E-state index in [0.29, 0.717) is 6.61 Å². The van der Waals surface area contributed by atoms with Gasteiger partial charge < -0.3 is 19.3 Å². The van der Waals surface area contributed by atoms with Crippen molar-refractivity contribution in [3.05, 3.63) is 35.9 Å². The second-order valence-corrected chi connectivity index (χ2v) is 4.05. The van der Waals surface area contributed by atoms with Crippen molar-refractivity contribution in [3.63, 3.8) is 0 Å². The molecule has 1 aromatic rings. The van der Waals surface area contributed by atoms with E-state index in [1.54, 1.807) is 6.92 Å². The van der Waals surface area contributed by atoms with Gasteiger partial charge in [0.1, 0.15) is 5.60 Å². The molecule has 17 heavy (non-hydrogen) atoms. The van der Waals surface area contributed by atoms with E-state index in [1.165, 1.54) is 14.2 Å². The third-order valence-corrected chi connectivity index (χ3v) is 2.65. The summed E-state index contributed by atoms with van der Waals surface area (Å²) in [6.45, 7) is 1.99. The second-order valence-electron chi connectivity index (χ2n) is 4.05. The first kappa shape index (κ1) is 14.1. The van der Waals surface area contributed by atoms with Gasteiger partial charge in [0.25, 0.3) is 0 Å². The number of methoxy groups -OCH3 is 2. The molecule has 1 atom stereocenters. The summed E-state index contributed by atoms with van der Waals surface area (Å²) in [5.74, 6) is 0. The fourth-order valence-corrected chi connectivity index (χ4v) is 1.61. The molecule has 0 unspecified atom stereocenters. The lowest BCUT2D eigenvalue weighted by Crippen LogP contribution is -2.47. The van der Waals surface area contributed by atoms with Crippen LogP contribution in [0.15, 0.2) is 30.3 Å². The number of ether oxygens (including phenoxy) is 3. The lowest BCUT2D eigenvalue weighted by Gasteiger charge is -2.33. The van der Waals surface area contributed by atoms with E-state index in [-0.39, 0.29) is 6.61 Å². The predicted octanol–water partition coefficient (Wildman–Crippen LogP) is 1.57. The van der Waals surface area contributed by atoms with Crippen LogP contribution in [0.25, 0.3) is 0 Å². The highest BCUT2D eigenvalue weighted by molar-refractivity contribution is 5.13. The summed E-state index contributed by atoms with van der Waals surface area (Å²) in [6.07, 6.45) is -0.601. The molecule has 0 aromatic heterocycles. The Labute approximate surface area is 102 Å². The van der Waals surface area contributed by atoms with Crippen LogP contribution in [0.4, 0.5) is 0 Å². The van der Waals surface area contributed by atoms with Gasteiger partial charge in [0, 0.05) is 14.2 Å². The topological polar surface area (TPSA) is 47.9 Å². The van der Waals surface area contributed by atoms with Gasteiger partial charge in [-0.2, -0.15) is 0 Å². The van der Waals surface area contributed by atoms with Crippen LogP contribution in [0, 0.1) is 0 Å². The molecule has 0 aliphatic carbocycles. The minimum atomic E-state index is -0.876. The Morgan fingerprint density at radius 1 is 1.18 bits per heavy atom. The quantitative estimate of drug-likeness (QED) is 0.735. The number of aliphatic hydroxyl groups is 1. The highest BCUT2D eigenvalue weighted by atomic mass is 16.7. The molecular weight excluding hydrogens is 220 g/mol. The first-order chi connectivity index (χ1) is 8.16. The molecule has 0 bridgehead atoms. The third kappa shape index (κ3) is 3.78. The van der Waals surface area contributed by atoms with Crippen molar-refractivity contribution in [1.82, 2.24) is 0 Å². The van der Waals surface area contributed by atoms with E-state index < -0.39 is 11.9 Å². The summed E-state index contributed by atoms with van der Waals surface area (Å²) in [5, 5.41) is 9.41. The van der Waals surface area contributed by atoms with E-state index >= 15 is 0 Å². The molecule has 0 saturated carbocycles. The Hall–Kier alpha value is -0.940.